The van der Waals surface area contributed by atoms with Crippen LogP contribution in [0.15, 0.2) is 60.1 Å². The zero-order valence-electron chi connectivity index (χ0n) is 17.7. The van der Waals surface area contributed by atoms with Gasteiger partial charge in [-0.1, -0.05) is 18.2 Å². The summed E-state index contributed by atoms with van der Waals surface area (Å²) in [6.45, 7) is 1.35. The molecule has 0 saturated carbocycles. The van der Waals surface area contributed by atoms with Gasteiger partial charge in [0.05, 0.1) is 15.7 Å². The molecule has 1 aliphatic rings. The molecule has 2 amide bonds. The number of aromatic amines is 1. The van der Waals surface area contributed by atoms with Gasteiger partial charge in [0.2, 0.25) is 0 Å². The van der Waals surface area contributed by atoms with Gasteiger partial charge >= 0.3 is 0 Å². The molecule has 7 nitrogen and oxygen atoms in total. The maximum Gasteiger partial charge on any atom is 0.278 e. The van der Waals surface area contributed by atoms with Crippen molar-refractivity contribution in [3.8, 4) is 0 Å². The largest absolute Gasteiger partial charge is 0.339 e. The highest BCUT2D eigenvalue weighted by Gasteiger charge is 2.27. The first-order valence-electron chi connectivity index (χ1n) is 10.6. The number of piperidine rings is 1. The number of thiazole rings is 1. The van der Waals surface area contributed by atoms with Crippen LogP contribution in [0.1, 0.15) is 45.3 Å². The number of para-hydroxylation sites is 1. The van der Waals surface area contributed by atoms with Gasteiger partial charge in [-0.3, -0.25) is 14.7 Å². The molecular weight excluding hydrogens is 422 g/mol. The number of hydrogen-bond donors (Lipinski definition) is 1. The fourth-order valence-electron chi connectivity index (χ4n) is 4.16. The van der Waals surface area contributed by atoms with Crippen molar-refractivity contribution in [3.63, 3.8) is 0 Å². The molecule has 1 N–H and O–H groups in total. The molecule has 1 aliphatic heterocycles. The van der Waals surface area contributed by atoms with Crippen molar-refractivity contribution in [1.29, 1.82) is 0 Å². The summed E-state index contributed by atoms with van der Waals surface area (Å²) in [5.41, 5.74) is 5.61. The molecule has 2 aromatic carbocycles. The first kappa shape index (κ1) is 20.4. The summed E-state index contributed by atoms with van der Waals surface area (Å²) in [5, 5.41) is 7.31. The molecule has 5 rings (SSSR count). The Morgan fingerprint density at radius 2 is 1.88 bits per heavy atom. The number of amides is 2. The van der Waals surface area contributed by atoms with E-state index in [1.807, 2.05) is 59.5 Å². The minimum atomic E-state index is -0.148. The number of likely N-dealkylation sites (tertiary alicyclic amines) is 1. The van der Waals surface area contributed by atoms with Crippen molar-refractivity contribution >= 4 is 39.1 Å². The second-order valence-electron chi connectivity index (χ2n) is 8.01. The molecule has 0 radical (unpaired) electrons. The predicted octanol–water partition coefficient (Wildman–Crippen LogP) is 4.32. The minimum absolute atomic E-state index is 0.0590. The van der Waals surface area contributed by atoms with E-state index >= 15 is 0 Å². The lowest BCUT2D eigenvalue weighted by Gasteiger charge is -2.31. The first-order chi connectivity index (χ1) is 15.6. The Balaban J connectivity index is 1.22. The SMILES string of the molecule is CN(C(=O)c1cc(C2CCN(C(=O)c3ccc4ncsc4c3)CC2)[nH]n1)c1ccccc1. The second kappa shape index (κ2) is 8.55. The van der Waals surface area contributed by atoms with Crippen LogP contribution in [0.4, 0.5) is 5.69 Å². The lowest BCUT2D eigenvalue weighted by Crippen LogP contribution is -2.38. The Hall–Kier alpha value is -3.52. The number of carbonyl (C=O) groups is 2. The zero-order chi connectivity index (χ0) is 22.1. The monoisotopic (exact) mass is 445 g/mol. The van der Waals surface area contributed by atoms with Gasteiger partial charge in [0.15, 0.2) is 5.69 Å². The van der Waals surface area contributed by atoms with Crippen LogP contribution in [0.5, 0.6) is 0 Å². The summed E-state index contributed by atoms with van der Waals surface area (Å²) in [5.74, 6) is 0.160. The third-order valence-electron chi connectivity index (χ3n) is 6.07. The van der Waals surface area contributed by atoms with Crippen LogP contribution < -0.4 is 4.90 Å². The van der Waals surface area contributed by atoms with Crippen LogP contribution in [0.25, 0.3) is 10.2 Å². The van der Waals surface area contributed by atoms with Crippen molar-refractivity contribution in [1.82, 2.24) is 20.1 Å². The molecule has 1 fully saturated rings. The number of carbonyl (C=O) groups excluding carboxylic acids is 2. The smallest absolute Gasteiger partial charge is 0.278 e. The Kier molecular flexibility index (Phi) is 5.45. The highest BCUT2D eigenvalue weighted by molar-refractivity contribution is 7.16. The molecular formula is C24H23N5O2S. The number of rotatable bonds is 4. The first-order valence-corrected chi connectivity index (χ1v) is 11.5. The quantitative estimate of drug-likeness (QED) is 0.507. The molecule has 32 heavy (non-hydrogen) atoms. The van der Waals surface area contributed by atoms with E-state index in [2.05, 4.69) is 15.2 Å². The Labute approximate surface area is 189 Å². The van der Waals surface area contributed by atoms with Crippen molar-refractivity contribution in [2.45, 2.75) is 18.8 Å². The minimum Gasteiger partial charge on any atom is -0.339 e. The summed E-state index contributed by atoms with van der Waals surface area (Å²) in [6, 6.07) is 17.0. The molecule has 0 bridgehead atoms. The maximum absolute atomic E-state index is 13.0. The number of anilines is 1. The van der Waals surface area contributed by atoms with Gasteiger partial charge in [0, 0.05) is 43.0 Å². The lowest BCUT2D eigenvalue weighted by atomic mass is 9.93. The molecule has 3 heterocycles. The number of aromatic nitrogens is 3. The van der Waals surface area contributed by atoms with Crippen LogP contribution in [0, 0.1) is 0 Å². The van der Waals surface area contributed by atoms with Gasteiger partial charge in [-0.05, 0) is 49.2 Å². The van der Waals surface area contributed by atoms with Crippen molar-refractivity contribution in [3.05, 3.63) is 77.1 Å². The van der Waals surface area contributed by atoms with E-state index in [0.29, 0.717) is 24.3 Å². The van der Waals surface area contributed by atoms with Crippen LogP contribution in [-0.2, 0) is 0 Å². The fourth-order valence-corrected chi connectivity index (χ4v) is 4.88. The molecule has 4 aromatic rings. The van der Waals surface area contributed by atoms with E-state index in [0.717, 1.165) is 34.4 Å². The van der Waals surface area contributed by atoms with Crippen LogP contribution in [0.2, 0.25) is 0 Å². The van der Waals surface area contributed by atoms with E-state index in [9.17, 15) is 9.59 Å². The van der Waals surface area contributed by atoms with Crippen LogP contribution in [-0.4, -0.2) is 52.0 Å². The van der Waals surface area contributed by atoms with E-state index in [1.165, 1.54) is 0 Å². The summed E-state index contributed by atoms with van der Waals surface area (Å²) in [6.07, 6.45) is 1.66. The molecule has 0 unspecified atom stereocenters. The van der Waals surface area contributed by atoms with Gasteiger partial charge in [-0.2, -0.15) is 5.10 Å². The molecule has 2 aromatic heterocycles. The van der Waals surface area contributed by atoms with Crippen molar-refractivity contribution in [2.24, 2.45) is 0 Å². The summed E-state index contributed by atoms with van der Waals surface area (Å²) < 4.78 is 1.03. The van der Waals surface area contributed by atoms with Gasteiger partial charge in [0.25, 0.3) is 11.8 Å². The number of nitrogens with one attached hydrogen (secondary N) is 1. The summed E-state index contributed by atoms with van der Waals surface area (Å²) in [4.78, 5) is 33.5. The molecule has 1 saturated heterocycles. The Bertz CT molecular complexity index is 1260. The second-order valence-corrected chi connectivity index (χ2v) is 8.90. The fraction of sp³-hybridized carbons (Fsp3) is 0.250. The summed E-state index contributed by atoms with van der Waals surface area (Å²) in [7, 11) is 1.75. The Morgan fingerprint density at radius 1 is 1.09 bits per heavy atom. The maximum atomic E-state index is 13.0. The zero-order valence-corrected chi connectivity index (χ0v) is 18.5. The predicted molar refractivity (Wildman–Crippen MR) is 125 cm³/mol. The van der Waals surface area contributed by atoms with Crippen LogP contribution >= 0.6 is 11.3 Å². The van der Waals surface area contributed by atoms with Gasteiger partial charge in [0.1, 0.15) is 0 Å². The van der Waals surface area contributed by atoms with E-state index in [4.69, 9.17) is 0 Å². The highest BCUT2D eigenvalue weighted by atomic mass is 32.1. The highest BCUT2D eigenvalue weighted by Crippen LogP contribution is 2.29. The number of H-pyrrole nitrogens is 1. The molecule has 0 aliphatic carbocycles. The molecule has 0 spiro atoms. The van der Waals surface area contributed by atoms with Gasteiger partial charge < -0.3 is 9.80 Å². The number of fused-ring (bicyclic) bond motifs is 1. The van der Waals surface area contributed by atoms with Crippen molar-refractivity contribution < 1.29 is 9.59 Å². The number of nitrogens with zero attached hydrogens (tertiary/aromatic N) is 4. The van der Waals surface area contributed by atoms with Crippen molar-refractivity contribution in [2.75, 3.05) is 25.0 Å². The molecule has 162 valence electrons. The lowest BCUT2D eigenvalue weighted by molar-refractivity contribution is 0.0712. The van der Waals surface area contributed by atoms with Gasteiger partial charge in [-0.15, -0.1) is 11.3 Å². The third kappa shape index (κ3) is 3.89. The summed E-state index contributed by atoms with van der Waals surface area (Å²) >= 11 is 1.54. The van der Waals surface area contributed by atoms with Gasteiger partial charge in [-0.25, -0.2) is 4.98 Å². The Morgan fingerprint density at radius 3 is 2.66 bits per heavy atom. The van der Waals surface area contributed by atoms with Crippen LogP contribution in [0.3, 0.4) is 0 Å². The van der Waals surface area contributed by atoms with E-state index in [-0.39, 0.29) is 17.7 Å². The third-order valence-corrected chi connectivity index (χ3v) is 6.86. The average Bonchev–Trinajstić information content (AvgIpc) is 3.53. The molecule has 0 atom stereocenters. The van der Waals surface area contributed by atoms with E-state index < -0.39 is 0 Å². The van der Waals surface area contributed by atoms with E-state index in [1.54, 1.807) is 28.8 Å². The normalized spacial score (nSPS) is 14.6. The average molecular weight is 446 g/mol. The number of hydrogen-bond acceptors (Lipinski definition) is 5. The topological polar surface area (TPSA) is 82.2 Å². The number of benzene rings is 2. The standard InChI is InChI=1S/C24H23N5O2S/c1-28(18-5-3-2-4-6-18)24(31)21-14-20(26-27-21)16-9-11-29(12-10-16)23(30)17-7-8-19-22(13-17)32-15-25-19/h2-8,13-16H,9-12H2,1H3,(H,26,27). The molecule has 8 heteroatoms.